The van der Waals surface area contributed by atoms with Gasteiger partial charge in [-0.2, -0.15) is 0 Å². The summed E-state index contributed by atoms with van der Waals surface area (Å²) in [6.45, 7) is 0. The van der Waals surface area contributed by atoms with Crippen LogP contribution in [-0.2, 0) is 0 Å². The van der Waals surface area contributed by atoms with Crippen LogP contribution >= 0.6 is 23.2 Å². The number of rotatable bonds is 4. The van der Waals surface area contributed by atoms with Crippen molar-refractivity contribution in [1.29, 1.82) is 0 Å². The first-order chi connectivity index (χ1) is 9.63. The smallest absolute Gasteiger partial charge is 0.127 e. The van der Waals surface area contributed by atoms with Gasteiger partial charge >= 0.3 is 0 Å². The largest absolute Gasteiger partial charge is 0.497 e. The molecular formula is C15H13Cl2NO2. The zero-order chi connectivity index (χ0) is 14.5. The lowest BCUT2D eigenvalue weighted by Gasteiger charge is -2.07. The zero-order valence-electron chi connectivity index (χ0n) is 11.1. The third-order valence-electron chi connectivity index (χ3n) is 2.69. The van der Waals surface area contributed by atoms with E-state index in [4.69, 9.17) is 32.7 Å². The molecule has 0 atom stereocenters. The Kier molecular flexibility index (Phi) is 4.88. The quantitative estimate of drug-likeness (QED) is 0.762. The highest BCUT2D eigenvalue weighted by molar-refractivity contribution is 6.35. The van der Waals surface area contributed by atoms with Crippen LogP contribution in [0.1, 0.15) is 5.56 Å². The summed E-state index contributed by atoms with van der Waals surface area (Å²) < 4.78 is 10.5. The van der Waals surface area contributed by atoms with Crippen LogP contribution < -0.4 is 9.47 Å². The van der Waals surface area contributed by atoms with E-state index in [0.29, 0.717) is 21.5 Å². The van der Waals surface area contributed by atoms with E-state index in [0.717, 1.165) is 11.3 Å². The van der Waals surface area contributed by atoms with Crippen molar-refractivity contribution in [2.45, 2.75) is 0 Å². The second-order valence-corrected chi connectivity index (χ2v) is 4.81. The molecule has 0 aromatic heterocycles. The highest BCUT2D eigenvalue weighted by Gasteiger charge is 2.04. The fourth-order valence-electron chi connectivity index (χ4n) is 1.66. The lowest BCUT2D eigenvalue weighted by molar-refractivity contribution is 0.402. The molecule has 0 spiro atoms. The third kappa shape index (κ3) is 3.44. The van der Waals surface area contributed by atoms with Crippen LogP contribution in [0, 0.1) is 0 Å². The first-order valence-electron chi connectivity index (χ1n) is 5.85. The molecule has 5 heteroatoms. The number of ether oxygens (including phenoxy) is 2. The molecule has 0 N–H and O–H groups in total. The second-order valence-electron chi connectivity index (χ2n) is 3.96. The maximum absolute atomic E-state index is 6.07. The van der Waals surface area contributed by atoms with Gasteiger partial charge in [0.15, 0.2) is 0 Å². The maximum Gasteiger partial charge on any atom is 0.127 e. The van der Waals surface area contributed by atoms with Crippen molar-refractivity contribution in [3.63, 3.8) is 0 Å². The molecule has 2 aromatic rings. The van der Waals surface area contributed by atoms with Gasteiger partial charge in [-0.1, -0.05) is 23.2 Å². The third-order valence-corrected chi connectivity index (χ3v) is 3.24. The summed E-state index contributed by atoms with van der Waals surface area (Å²) in [4.78, 5) is 4.34. The van der Waals surface area contributed by atoms with Gasteiger partial charge in [0.05, 0.1) is 24.9 Å². The first-order valence-corrected chi connectivity index (χ1v) is 6.61. The topological polar surface area (TPSA) is 30.8 Å². The normalized spacial score (nSPS) is 10.8. The standard InChI is InChI=1S/C15H13Cl2NO2/c1-19-12-4-6-15(20-2)10(7-12)9-18-14-8-11(16)3-5-13(14)17/h3-9H,1-2H3. The molecule has 0 amide bonds. The van der Waals surface area contributed by atoms with Gasteiger partial charge in [-0.05, 0) is 36.4 Å². The van der Waals surface area contributed by atoms with Crippen molar-refractivity contribution in [1.82, 2.24) is 0 Å². The first kappa shape index (κ1) is 14.7. The fraction of sp³-hybridized carbons (Fsp3) is 0.133. The van der Waals surface area contributed by atoms with Crippen LogP contribution in [0.15, 0.2) is 41.4 Å². The Morgan fingerprint density at radius 3 is 2.50 bits per heavy atom. The molecule has 0 radical (unpaired) electrons. The van der Waals surface area contributed by atoms with Crippen molar-refractivity contribution >= 4 is 35.1 Å². The predicted octanol–water partition coefficient (Wildman–Crippen LogP) is 4.76. The average Bonchev–Trinajstić information content (AvgIpc) is 2.47. The molecule has 0 fully saturated rings. The molecule has 0 saturated carbocycles. The van der Waals surface area contributed by atoms with Gasteiger partial charge in [0.2, 0.25) is 0 Å². The number of nitrogens with zero attached hydrogens (tertiary/aromatic N) is 1. The summed E-state index contributed by atoms with van der Waals surface area (Å²) in [6, 6.07) is 10.6. The van der Waals surface area contributed by atoms with E-state index < -0.39 is 0 Å². The van der Waals surface area contributed by atoms with E-state index >= 15 is 0 Å². The number of halogens is 2. The van der Waals surface area contributed by atoms with E-state index in [9.17, 15) is 0 Å². The van der Waals surface area contributed by atoms with E-state index in [2.05, 4.69) is 4.99 Å². The molecule has 0 aliphatic carbocycles. The lowest BCUT2D eigenvalue weighted by atomic mass is 10.2. The molecule has 0 aliphatic heterocycles. The molecule has 20 heavy (non-hydrogen) atoms. The zero-order valence-corrected chi connectivity index (χ0v) is 12.6. The highest BCUT2D eigenvalue weighted by atomic mass is 35.5. The van der Waals surface area contributed by atoms with E-state index in [1.54, 1.807) is 38.6 Å². The number of aliphatic imine (C=N–C) groups is 1. The fourth-order valence-corrected chi connectivity index (χ4v) is 2.00. The summed E-state index contributed by atoms with van der Waals surface area (Å²) in [5, 5.41) is 1.12. The molecule has 2 aromatic carbocycles. The summed E-state index contributed by atoms with van der Waals surface area (Å²) in [6.07, 6.45) is 1.67. The summed E-state index contributed by atoms with van der Waals surface area (Å²) >= 11 is 12.0. The van der Waals surface area contributed by atoms with Crippen molar-refractivity contribution in [3.8, 4) is 11.5 Å². The highest BCUT2D eigenvalue weighted by Crippen LogP contribution is 2.29. The van der Waals surface area contributed by atoms with E-state index in [-0.39, 0.29) is 0 Å². The minimum absolute atomic E-state index is 0.535. The maximum atomic E-state index is 6.07. The SMILES string of the molecule is COc1ccc(OC)c(C=Nc2cc(Cl)ccc2Cl)c1. The molecule has 0 bridgehead atoms. The Balaban J connectivity index is 2.37. The van der Waals surface area contributed by atoms with Crippen molar-refractivity contribution in [2.75, 3.05) is 14.2 Å². The van der Waals surface area contributed by atoms with Gasteiger partial charge in [-0.3, -0.25) is 4.99 Å². The molecule has 104 valence electrons. The number of hydrogen-bond acceptors (Lipinski definition) is 3. The average molecular weight is 310 g/mol. The molecule has 3 nitrogen and oxygen atoms in total. The molecule has 2 rings (SSSR count). The molecule has 0 aliphatic rings. The van der Waals surface area contributed by atoms with Crippen LogP contribution in [0.2, 0.25) is 10.0 Å². The Labute approximate surface area is 127 Å². The van der Waals surface area contributed by atoms with Gasteiger partial charge in [0.1, 0.15) is 11.5 Å². The van der Waals surface area contributed by atoms with Gasteiger partial charge < -0.3 is 9.47 Å². The van der Waals surface area contributed by atoms with E-state index in [1.807, 2.05) is 18.2 Å². The Morgan fingerprint density at radius 2 is 1.80 bits per heavy atom. The van der Waals surface area contributed by atoms with Crippen LogP contribution in [0.5, 0.6) is 11.5 Å². The summed E-state index contributed by atoms with van der Waals surface area (Å²) in [5.41, 5.74) is 1.40. The van der Waals surface area contributed by atoms with Gasteiger partial charge in [0, 0.05) is 16.8 Å². The van der Waals surface area contributed by atoms with Crippen molar-refractivity contribution < 1.29 is 9.47 Å². The Bertz CT molecular complexity index is 642. The molecule has 0 saturated heterocycles. The molecule has 0 unspecified atom stereocenters. The van der Waals surface area contributed by atoms with Crippen LogP contribution in [-0.4, -0.2) is 20.4 Å². The monoisotopic (exact) mass is 309 g/mol. The van der Waals surface area contributed by atoms with E-state index in [1.165, 1.54) is 0 Å². The number of hydrogen-bond donors (Lipinski definition) is 0. The minimum Gasteiger partial charge on any atom is -0.497 e. The minimum atomic E-state index is 0.535. The van der Waals surface area contributed by atoms with Crippen molar-refractivity contribution in [2.24, 2.45) is 4.99 Å². The van der Waals surface area contributed by atoms with Crippen LogP contribution in [0.4, 0.5) is 5.69 Å². The Hall–Kier alpha value is -1.71. The predicted molar refractivity (Wildman–Crippen MR) is 83.3 cm³/mol. The summed E-state index contributed by atoms with van der Waals surface area (Å²) in [7, 11) is 3.21. The lowest BCUT2D eigenvalue weighted by Crippen LogP contribution is -1.92. The number of benzene rings is 2. The molecule has 0 heterocycles. The second kappa shape index (κ2) is 6.64. The van der Waals surface area contributed by atoms with Crippen LogP contribution in [0.3, 0.4) is 0 Å². The van der Waals surface area contributed by atoms with Crippen LogP contribution in [0.25, 0.3) is 0 Å². The van der Waals surface area contributed by atoms with Gasteiger partial charge in [0.25, 0.3) is 0 Å². The van der Waals surface area contributed by atoms with Gasteiger partial charge in [-0.25, -0.2) is 0 Å². The van der Waals surface area contributed by atoms with Crippen molar-refractivity contribution in [3.05, 3.63) is 52.0 Å². The Morgan fingerprint density at radius 1 is 1.00 bits per heavy atom. The molecular weight excluding hydrogens is 297 g/mol. The number of methoxy groups -OCH3 is 2. The summed E-state index contributed by atoms with van der Waals surface area (Å²) in [5.74, 6) is 1.43. The van der Waals surface area contributed by atoms with Gasteiger partial charge in [-0.15, -0.1) is 0 Å².